The summed E-state index contributed by atoms with van der Waals surface area (Å²) >= 11 is 0. The maximum atomic E-state index is 5.67. The number of nitrogens with zero attached hydrogens (tertiary/aromatic N) is 1. The molecule has 2 atom stereocenters. The molecule has 0 aromatic heterocycles. The molecule has 0 aromatic carbocycles. The molecule has 0 amide bonds. The van der Waals surface area contributed by atoms with Crippen molar-refractivity contribution in [1.82, 2.24) is 0 Å². The minimum absolute atomic E-state index is 0.0194. The van der Waals surface area contributed by atoms with Gasteiger partial charge in [-0.2, -0.15) is 0 Å². The molecule has 14 heavy (non-hydrogen) atoms. The molecule has 0 aliphatic carbocycles. The quantitative estimate of drug-likeness (QED) is 0.573. The first-order valence-electron chi connectivity index (χ1n) is 5.72. The van der Waals surface area contributed by atoms with Crippen LogP contribution < -0.4 is 0 Å². The molecule has 0 fully saturated rings. The Hall–Kier alpha value is -0.370. The van der Waals surface area contributed by atoms with Crippen molar-refractivity contribution in [2.45, 2.75) is 60.1 Å². The molecule has 0 bridgehead atoms. The highest BCUT2D eigenvalue weighted by Gasteiger charge is 2.07. The minimum atomic E-state index is 0.0194. The Bertz CT molecular complexity index is 162. The van der Waals surface area contributed by atoms with Gasteiger partial charge in [-0.1, -0.05) is 26.7 Å². The van der Waals surface area contributed by atoms with Crippen molar-refractivity contribution in [1.29, 1.82) is 0 Å². The molecule has 0 aliphatic rings. The van der Waals surface area contributed by atoms with E-state index in [-0.39, 0.29) is 6.23 Å². The second-order valence-electron chi connectivity index (χ2n) is 4.07. The van der Waals surface area contributed by atoms with Gasteiger partial charge >= 0.3 is 0 Å². The maximum absolute atomic E-state index is 5.67. The van der Waals surface area contributed by atoms with Gasteiger partial charge in [0.15, 0.2) is 0 Å². The van der Waals surface area contributed by atoms with Gasteiger partial charge in [-0.3, -0.25) is 4.99 Å². The largest absolute Gasteiger partial charge is 0.357 e. The predicted molar refractivity (Wildman–Crippen MR) is 62.9 cm³/mol. The molecular formula is C12H25NO. The molecule has 0 spiro atoms. The topological polar surface area (TPSA) is 21.6 Å². The average molecular weight is 199 g/mol. The maximum Gasteiger partial charge on any atom is 0.145 e. The molecule has 2 unspecified atom stereocenters. The Morgan fingerprint density at radius 1 is 1.29 bits per heavy atom. The van der Waals surface area contributed by atoms with Crippen molar-refractivity contribution in [3.05, 3.63) is 0 Å². The normalized spacial score (nSPS) is 14.9. The Morgan fingerprint density at radius 3 is 2.36 bits per heavy atom. The molecule has 0 rings (SSSR count). The van der Waals surface area contributed by atoms with E-state index in [4.69, 9.17) is 4.74 Å². The lowest BCUT2D eigenvalue weighted by atomic mass is 10.0. The fourth-order valence-electron chi connectivity index (χ4n) is 1.49. The number of ether oxygens (including phenoxy) is 1. The third kappa shape index (κ3) is 7.07. The Balaban J connectivity index is 3.73. The van der Waals surface area contributed by atoms with E-state index in [1.54, 1.807) is 0 Å². The number of hydrogen-bond donors (Lipinski definition) is 0. The van der Waals surface area contributed by atoms with E-state index in [1.807, 2.05) is 20.8 Å². The van der Waals surface area contributed by atoms with Gasteiger partial charge in [-0.25, -0.2) is 0 Å². The summed E-state index contributed by atoms with van der Waals surface area (Å²) < 4.78 is 5.67. The lowest BCUT2D eigenvalue weighted by Crippen LogP contribution is -2.14. The molecule has 2 nitrogen and oxygen atoms in total. The van der Waals surface area contributed by atoms with Crippen LogP contribution in [0.3, 0.4) is 0 Å². The molecule has 0 saturated carbocycles. The smallest absolute Gasteiger partial charge is 0.145 e. The fraction of sp³-hybridized carbons (Fsp3) is 0.917. The summed E-state index contributed by atoms with van der Waals surface area (Å²) in [7, 11) is 0. The van der Waals surface area contributed by atoms with Crippen LogP contribution in [0.4, 0.5) is 0 Å². The second kappa shape index (κ2) is 7.98. The Kier molecular flexibility index (Phi) is 7.77. The summed E-state index contributed by atoms with van der Waals surface area (Å²) in [5.41, 5.74) is 1.08. The van der Waals surface area contributed by atoms with Crippen LogP contribution in [0.2, 0.25) is 0 Å². The molecule has 2 heteroatoms. The zero-order valence-electron chi connectivity index (χ0n) is 10.3. The highest BCUT2D eigenvalue weighted by molar-refractivity contribution is 5.79. The van der Waals surface area contributed by atoms with Gasteiger partial charge < -0.3 is 4.74 Å². The first-order chi connectivity index (χ1) is 6.60. The van der Waals surface area contributed by atoms with Gasteiger partial charge in [-0.05, 0) is 33.1 Å². The van der Waals surface area contributed by atoms with E-state index in [0.717, 1.165) is 12.3 Å². The van der Waals surface area contributed by atoms with Crippen LogP contribution >= 0.6 is 0 Å². The second-order valence-corrected chi connectivity index (χ2v) is 4.07. The molecule has 0 N–H and O–H groups in total. The molecule has 0 aliphatic heterocycles. The van der Waals surface area contributed by atoms with E-state index >= 15 is 0 Å². The van der Waals surface area contributed by atoms with Crippen molar-refractivity contribution in [2.75, 3.05) is 6.61 Å². The summed E-state index contributed by atoms with van der Waals surface area (Å²) in [4.78, 5) is 4.34. The monoisotopic (exact) mass is 199 g/mol. The van der Waals surface area contributed by atoms with E-state index in [1.165, 1.54) is 19.3 Å². The minimum Gasteiger partial charge on any atom is -0.357 e. The highest BCUT2D eigenvalue weighted by atomic mass is 16.5. The third-order valence-electron chi connectivity index (χ3n) is 2.29. The predicted octanol–water partition coefficient (Wildman–Crippen LogP) is 3.66. The van der Waals surface area contributed by atoms with Crippen molar-refractivity contribution in [3.63, 3.8) is 0 Å². The zero-order valence-corrected chi connectivity index (χ0v) is 10.3. The molecule has 0 saturated heterocycles. The number of hydrogen-bond acceptors (Lipinski definition) is 2. The van der Waals surface area contributed by atoms with Crippen LogP contribution in [0.1, 0.15) is 53.9 Å². The van der Waals surface area contributed by atoms with Crippen molar-refractivity contribution < 1.29 is 4.74 Å². The van der Waals surface area contributed by atoms with Gasteiger partial charge in [0.05, 0.1) is 6.61 Å². The van der Waals surface area contributed by atoms with Gasteiger partial charge in [0.2, 0.25) is 0 Å². The van der Waals surface area contributed by atoms with Gasteiger partial charge in [0, 0.05) is 5.71 Å². The van der Waals surface area contributed by atoms with Crippen LogP contribution in [0.5, 0.6) is 0 Å². The highest BCUT2D eigenvalue weighted by Crippen LogP contribution is 2.12. The van der Waals surface area contributed by atoms with Gasteiger partial charge in [0.25, 0.3) is 0 Å². The van der Waals surface area contributed by atoms with E-state index < -0.39 is 0 Å². The zero-order chi connectivity index (χ0) is 11.0. The molecule has 0 aromatic rings. The molecule has 0 radical (unpaired) electrons. The first-order valence-corrected chi connectivity index (χ1v) is 5.72. The fourth-order valence-corrected chi connectivity index (χ4v) is 1.49. The Labute approximate surface area is 88.8 Å². The van der Waals surface area contributed by atoms with Crippen LogP contribution in [-0.4, -0.2) is 18.5 Å². The van der Waals surface area contributed by atoms with Crippen molar-refractivity contribution >= 4 is 5.71 Å². The molecule has 0 heterocycles. The first kappa shape index (κ1) is 13.6. The summed E-state index contributed by atoms with van der Waals surface area (Å²) in [5, 5.41) is 0. The van der Waals surface area contributed by atoms with Gasteiger partial charge in [-0.15, -0.1) is 0 Å². The van der Waals surface area contributed by atoms with Gasteiger partial charge in [0.1, 0.15) is 6.23 Å². The van der Waals surface area contributed by atoms with Crippen LogP contribution in [0, 0.1) is 5.92 Å². The van der Waals surface area contributed by atoms with Crippen molar-refractivity contribution in [2.24, 2.45) is 10.9 Å². The standard InChI is InChI=1S/C12H25NO/c1-6-8-12(7-2)9-14-11(5)13-10(3)4/h11-12H,6-9H2,1-5H3. The lowest BCUT2D eigenvalue weighted by molar-refractivity contribution is 0.0423. The number of rotatable bonds is 7. The summed E-state index contributed by atoms with van der Waals surface area (Å²) in [5.74, 6) is 0.704. The lowest BCUT2D eigenvalue weighted by Gasteiger charge is -2.16. The molecular weight excluding hydrogens is 174 g/mol. The summed E-state index contributed by atoms with van der Waals surface area (Å²) in [6, 6.07) is 0. The van der Waals surface area contributed by atoms with Crippen LogP contribution in [-0.2, 0) is 4.74 Å². The summed E-state index contributed by atoms with van der Waals surface area (Å²) in [6.45, 7) is 11.3. The SMILES string of the molecule is CCCC(CC)COC(C)N=C(C)C. The number of aliphatic imine (C=N–C) groups is 1. The van der Waals surface area contributed by atoms with Crippen molar-refractivity contribution in [3.8, 4) is 0 Å². The summed E-state index contributed by atoms with van der Waals surface area (Å²) in [6.07, 6.45) is 3.73. The Morgan fingerprint density at radius 2 is 1.93 bits per heavy atom. The van der Waals surface area contributed by atoms with E-state index in [2.05, 4.69) is 18.8 Å². The van der Waals surface area contributed by atoms with E-state index in [9.17, 15) is 0 Å². The third-order valence-corrected chi connectivity index (χ3v) is 2.29. The molecule has 84 valence electrons. The van der Waals surface area contributed by atoms with Crippen LogP contribution in [0.25, 0.3) is 0 Å². The van der Waals surface area contributed by atoms with Crippen LogP contribution in [0.15, 0.2) is 4.99 Å². The van der Waals surface area contributed by atoms with E-state index in [0.29, 0.717) is 5.92 Å². The average Bonchev–Trinajstić information content (AvgIpc) is 2.11.